The maximum absolute atomic E-state index is 12.8. The maximum Gasteiger partial charge on any atom is 0.244 e. The van der Waals surface area contributed by atoms with E-state index in [0.717, 1.165) is 11.1 Å². The molecule has 0 fully saturated rings. The van der Waals surface area contributed by atoms with Crippen molar-refractivity contribution in [2.24, 2.45) is 0 Å². The largest absolute Gasteiger partial charge is 0.495 e. The molecule has 2 rings (SSSR count). The molecular formula is C20H25ClN2O4S. The van der Waals surface area contributed by atoms with Crippen LogP contribution in [0.5, 0.6) is 5.75 Å². The highest BCUT2D eigenvalue weighted by molar-refractivity contribution is 7.89. The second-order valence-electron chi connectivity index (χ2n) is 6.72. The van der Waals surface area contributed by atoms with Crippen LogP contribution in [0.1, 0.15) is 37.8 Å². The summed E-state index contributed by atoms with van der Waals surface area (Å²) in [4.78, 5) is 12.4. The minimum Gasteiger partial charge on any atom is -0.495 e. The fourth-order valence-corrected chi connectivity index (χ4v) is 4.20. The first kappa shape index (κ1) is 22.2. The molecule has 0 spiro atoms. The monoisotopic (exact) mass is 424 g/mol. The molecule has 0 saturated heterocycles. The first-order chi connectivity index (χ1) is 13.2. The molecule has 1 atom stereocenters. The lowest BCUT2D eigenvalue weighted by Gasteiger charge is -2.17. The van der Waals surface area contributed by atoms with Gasteiger partial charge >= 0.3 is 0 Å². The van der Waals surface area contributed by atoms with E-state index >= 15 is 0 Å². The van der Waals surface area contributed by atoms with Crippen molar-refractivity contribution in [3.63, 3.8) is 0 Å². The maximum atomic E-state index is 12.8. The molecule has 8 heteroatoms. The Hall–Kier alpha value is -2.09. The van der Waals surface area contributed by atoms with Crippen molar-refractivity contribution < 1.29 is 17.9 Å². The van der Waals surface area contributed by atoms with Crippen molar-refractivity contribution in [2.45, 2.75) is 44.2 Å². The van der Waals surface area contributed by atoms with E-state index in [1.807, 2.05) is 26.0 Å². The number of rotatable bonds is 8. The third-order valence-electron chi connectivity index (χ3n) is 4.28. The molecule has 1 amide bonds. The van der Waals surface area contributed by atoms with Gasteiger partial charge in [0.2, 0.25) is 15.9 Å². The van der Waals surface area contributed by atoms with Crippen LogP contribution in [0.15, 0.2) is 47.4 Å². The highest BCUT2D eigenvalue weighted by atomic mass is 35.5. The molecule has 2 aromatic carbocycles. The van der Waals surface area contributed by atoms with Crippen LogP contribution < -0.4 is 14.8 Å². The van der Waals surface area contributed by atoms with Gasteiger partial charge in [0, 0.05) is 11.6 Å². The van der Waals surface area contributed by atoms with E-state index in [1.165, 1.54) is 14.0 Å². The Morgan fingerprint density at radius 3 is 2.43 bits per heavy atom. The molecule has 2 N–H and O–H groups in total. The van der Waals surface area contributed by atoms with Gasteiger partial charge in [-0.3, -0.25) is 4.79 Å². The molecule has 0 radical (unpaired) electrons. The molecule has 28 heavy (non-hydrogen) atoms. The third-order valence-corrected chi connectivity index (χ3v) is 6.21. The standard InChI is InChI=1S/C20H25ClN2O4S/c1-13(2)15-9-10-18(27-4)19(11-15)28(25,26)23-14(3)20(24)22-12-16-7-5-6-8-17(16)21/h5-11,13-14,23H,12H2,1-4H3,(H,22,24). The number of amides is 1. The van der Waals surface area contributed by atoms with Crippen LogP contribution in [-0.2, 0) is 21.4 Å². The van der Waals surface area contributed by atoms with Gasteiger partial charge in [-0.25, -0.2) is 8.42 Å². The zero-order chi connectivity index (χ0) is 20.9. The van der Waals surface area contributed by atoms with Crippen molar-refractivity contribution in [1.82, 2.24) is 10.0 Å². The zero-order valence-corrected chi connectivity index (χ0v) is 17.9. The van der Waals surface area contributed by atoms with Gasteiger partial charge < -0.3 is 10.1 Å². The first-order valence-electron chi connectivity index (χ1n) is 8.87. The van der Waals surface area contributed by atoms with Crippen molar-refractivity contribution in [2.75, 3.05) is 7.11 Å². The highest BCUT2D eigenvalue weighted by Gasteiger charge is 2.25. The summed E-state index contributed by atoms with van der Waals surface area (Å²) in [5.41, 5.74) is 1.61. The minimum atomic E-state index is -3.96. The summed E-state index contributed by atoms with van der Waals surface area (Å²) in [6, 6.07) is 11.2. The highest BCUT2D eigenvalue weighted by Crippen LogP contribution is 2.28. The molecule has 2 aromatic rings. The summed E-state index contributed by atoms with van der Waals surface area (Å²) >= 11 is 6.07. The van der Waals surface area contributed by atoms with Crippen LogP contribution in [0.4, 0.5) is 0 Å². The molecule has 0 aliphatic heterocycles. The van der Waals surface area contributed by atoms with Crippen molar-refractivity contribution in [1.29, 1.82) is 0 Å². The number of carbonyl (C=O) groups excluding carboxylic acids is 1. The second-order valence-corrected chi connectivity index (χ2v) is 8.81. The Balaban J connectivity index is 2.13. The van der Waals surface area contributed by atoms with E-state index < -0.39 is 22.0 Å². The molecule has 0 heterocycles. The Kier molecular flexibility index (Phi) is 7.46. The Bertz CT molecular complexity index is 945. The fraction of sp³-hybridized carbons (Fsp3) is 0.350. The number of sulfonamides is 1. The van der Waals surface area contributed by atoms with Gasteiger partial charge in [0.25, 0.3) is 0 Å². The number of halogens is 1. The van der Waals surface area contributed by atoms with E-state index in [4.69, 9.17) is 16.3 Å². The summed E-state index contributed by atoms with van der Waals surface area (Å²) in [5, 5.41) is 3.22. The molecule has 6 nitrogen and oxygen atoms in total. The minimum absolute atomic E-state index is 0.00644. The first-order valence-corrected chi connectivity index (χ1v) is 10.7. The van der Waals surface area contributed by atoms with Crippen molar-refractivity contribution in [3.8, 4) is 5.75 Å². The van der Waals surface area contributed by atoms with Crippen LogP contribution in [0.3, 0.4) is 0 Å². The number of ether oxygens (including phenoxy) is 1. The molecule has 0 bridgehead atoms. The van der Waals surface area contributed by atoms with Gasteiger partial charge in [-0.15, -0.1) is 0 Å². The van der Waals surface area contributed by atoms with E-state index in [9.17, 15) is 13.2 Å². The summed E-state index contributed by atoms with van der Waals surface area (Å²) in [7, 11) is -2.55. The SMILES string of the molecule is COc1ccc(C(C)C)cc1S(=O)(=O)NC(C)C(=O)NCc1ccccc1Cl. The van der Waals surface area contributed by atoms with Crippen LogP contribution >= 0.6 is 11.6 Å². The van der Waals surface area contributed by atoms with E-state index in [-0.39, 0.29) is 23.1 Å². The van der Waals surface area contributed by atoms with Gasteiger partial charge in [-0.2, -0.15) is 4.72 Å². The van der Waals surface area contributed by atoms with Crippen LogP contribution in [0.25, 0.3) is 0 Å². The number of hydrogen-bond acceptors (Lipinski definition) is 4. The Labute approximate surface area is 171 Å². The number of benzene rings is 2. The van der Waals surface area contributed by atoms with Crippen molar-refractivity contribution >= 4 is 27.5 Å². The molecule has 0 aliphatic rings. The van der Waals surface area contributed by atoms with Gasteiger partial charge in [0.05, 0.1) is 13.2 Å². The molecule has 0 aromatic heterocycles. The van der Waals surface area contributed by atoms with Crippen molar-refractivity contribution in [3.05, 3.63) is 58.6 Å². The molecule has 152 valence electrons. The van der Waals surface area contributed by atoms with E-state index in [1.54, 1.807) is 30.3 Å². The predicted molar refractivity (Wildman–Crippen MR) is 110 cm³/mol. The smallest absolute Gasteiger partial charge is 0.244 e. The van der Waals surface area contributed by atoms with Gasteiger partial charge in [-0.1, -0.05) is 49.7 Å². The molecule has 0 saturated carbocycles. The quantitative estimate of drug-likeness (QED) is 0.679. The van der Waals surface area contributed by atoms with Gasteiger partial charge in [0.15, 0.2) is 0 Å². The number of hydrogen-bond donors (Lipinski definition) is 2. The third kappa shape index (κ3) is 5.47. The molecule has 0 aliphatic carbocycles. The topological polar surface area (TPSA) is 84.5 Å². The Morgan fingerprint density at radius 1 is 1.14 bits per heavy atom. The lowest BCUT2D eigenvalue weighted by molar-refractivity contribution is -0.122. The lowest BCUT2D eigenvalue weighted by Crippen LogP contribution is -2.44. The summed E-state index contributed by atoms with van der Waals surface area (Å²) in [6.45, 7) is 5.63. The molecule has 1 unspecified atom stereocenters. The van der Waals surface area contributed by atoms with Crippen LogP contribution in [-0.4, -0.2) is 27.5 Å². The molecular weight excluding hydrogens is 400 g/mol. The average Bonchev–Trinajstić information content (AvgIpc) is 2.66. The van der Waals surface area contributed by atoms with Crippen LogP contribution in [0, 0.1) is 0 Å². The average molecular weight is 425 g/mol. The van der Waals surface area contributed by atoms with Gasteiger partial charge in [0.1, 0.15) is 10.6 Å². The number of methoxy groups -OCH3 is 1. The Morgan fingerprint density at radius 2 is 1.82 bits per heavy atom. The summed E-state index contributed by atoms with van der Waals surface area (Å²) < 4.78 is 33.3. The normalized spacial score (nSPS) is 12.6. The second kappa shape index (κ2) is 9.41. The van der Waals surface area contributed by atoms with E-state index in [0.29, 0.717) is 5.02 Å². The zero-order valence-electron chi connectivity index (χ0n) is 16.3. The summed E-state index contributed by atoms with van der Waals surface area (Å²) in [5.74, 6) is -0.0840. The lowest BCUT2D eigenvalue weighted by atomic mass is 10.0. The van der Waals surface area contributed by atoms with Crippen LogP contribution in [0.2, 0.25) is 5.02 Å². The van der Waals surface area contributed by atoms with E-state index in [2.05, 4.69) is 10.0 Å². The number of carbonyl (C=O) groups is 1. The predicted octanol–water partition coefficient (Wildman–Crippen LogP) is 3.46. The summed E-state index contributed by atoms with van der Waals surface area (Å²) in [6.07, 6.45) is 0. The van der Waals surface area contributed by atoms with Gasteiger partial charge in [-0.05, 0) is 42.2 Å². The fourth-order valence-electron chi connectivity index (χ4n) is 2.59. The number of nitrogens with one attached hydrogen (secondary N) is 2.